The van der Waals surface area contributed by atoms with E-state index < -0.39 is 18.5 Å². The highest BCUT2D eigenvalue weighted by atomic mass is 16.3. The third-order valence-electron chi connectivity index (χ3n) is 1.14. The summed E-state index contributed by atoms with van der Waals surface area (Å²) in [7, 11) is 1.31. The van der Waals surface area contributed by atoms with Gasteiger partial charge in [0, 0.05) is 13.6 Å². The fourth-order valence-electron chi connectivity index (χ4n) is 0.489. The van der Waals surface area contributed by atoms with E-state index in [1.807, 2.05) is 0 Å². The molecule has 0 aromatic rings. The van der Waals surface area contributed by atoms with Crippen LogP contribution in [-0.2, 0) is 4.79 Å². The molecule has 0 saturated heterocycles. The maximum absolute atomic E-state index is 10.8. The number of carbonyl (C=O) groups is 2. The molecule has 5 nitrogen and oxygen atoms in total. The first-order chi connectivity index (χ1) is 5.13. The Morgan fingerprint density at radius 2 is 2.09 bits per heavy atom. The molecule has 5 heteroatoms. The van der Waals surface area contributed by atoms with E-state index in [4.69, 9.17) is 5.11 Å². The minimum absolute atomic E-state index is 0.460. The van der Waals surface area contributed by atoms with Crippen LogP contribution < -0.4 is 5.32 Å². The minimum atomic E-state index is -0.645. The van der Waals surface area contributed by atoms with Crippen molar-refractivity contribution in [1.82, 2.24) is 10.2 Å². The Morgan fingerprint density at radius 1 is 1.55 bits per heavy atom. The predicted molar refractivity (Wildman–Crippen MR) is 38.9 cm³/mol. The summed E-state index contributed by atoms with van der Waals surface area (Å²) in [5.41, 5.74) is 0. The lowest BCUT2D eigenvalue weighted by Crippen LogP contribution is -2.42. The molecule has 3 amide bonds. The summed E-state index contributed by atoms with van der Waals surface area (Å²) in [5.74, 6) is -0.615. The lowest BCUT2D eigenvalue weighted by molar-refractivity contribution is -0.130. The average Bonchev–Trinajstić information content (AvgIpc) is 2.02. The molecule has 0 heterocycles. The monoisotopic (exact) mass is 160 g/mol. The first-order valence-corrected chi connectivity index (χ1v) is 3.28. The van der Waals surface area contributed by atoms with Gasteiger partial charge in [-0.1, -0.05) is 0 Å². The molecule has 64 valence electrons. The molecule has 0 aromatic heterocycles. The number of hydrogen-bond donors (Lipinski definition) is 2. The summed E-state index contributed by atoms with van der Waals surface area (Å²) in [4.78, 5) is 22.3. The van der Waals surface area contributed by atoms with Gasteiger partial charge in [-0.25, -0.2) is 4.79 Å². The SMILES string of the molecule is CCNC(=O)N(C)C(=O)CO. The van der Waals surface area contributed by atoms with Crippen LogP contribution in [0.25, 0.3) is 0 Å². The Morgan fingerprint density at radius 3 is 2.45 bits per heavy atom. The number of imide groups is 1. The van der Waals surface area contributed by atoms with Gasteiger partial charge in [-0.3, -0.25) is 9.69 Å². The van der Waals surface area contributed by atoms with Gasteiger partial charge in [0.05, 0.1) is 0 Å². The Bertz CT molecular complexity index is 158. The standard InChI is InChI=1S/C6H12N2O3/c1-3-7-6(11)8(2)5(10)4-9/h9H,3-4H2,1-2H3,(H,7,11). The molecule has 0 aliphatic carbocycles. The molecular formula is C6H12N2O3. The lowest BCUT2D eigenvalue weighted by atomic mass is 10.5. The quantitative estimate of drug-likeness (QED) is 0.553. The van der Waals surface area contributed by atoms with Crippen molar-refractivity contribution in [3.63, 3.8) is 0 Å². The van der Waals surface area contributed by atoms with Crippen molar-refractivity contribution in [3.05, 3.63) is 0 Å². The predicted octanol–water partition coefficient (Wildman–Crippen LogP) is -0.833. The topological polar surface area (TPSA) is 69.6 Å². The van der Waals surface area contributed by atoms with Crippen LogP contribution in [0.1, 0.15) is 6.92 Å². The number of amides is 3. The second kappa shape index (κ2) is 4.68. The fraction of sp³-hybridized carbons (Fsp3) is 0.667. The second-order valence-corrected chi connectivity index (χ2v) is 1.95. The van der Waals surface area contributed by atoms with Gasteiger partial charge in [-0.15, -0.1) is 0 Å². The third kappa shape index (κ3) is 2.99. The Balaban J connectivity index is 3.91. The summed E-state index contributed by atoms with van der Waals surface area (Å²) in [6.07, 6.45) is 0. The average molecular weight is 160 g/mol. The molecule has 0 aliphatic heterocycles. The zero-order chi connectivity index (χ0) is 8.85. The Kier molecular flexibility index (Phi) is 4.21. The molecule has 0 aliphatic rings. The lowest BCUT2D eigenvalue weighted by Gasteiger charge is -2.13. The first-order valence-electron chi connectivity index (χ1n) is 3.28. The molecule has 11 heavy (non-hydrogen) atoms. The fourth-order valence-corrected chi connectivity index (χ4v) is 0.489. The molecule has 0 spiro atoms. The Hall–Kier alpha value is -1.10. The number of hydrogen-bond acceptors (Lipinski definition) is 3. The molecule has 0 atom stereocenters. The van der Waals surface area contributed by atoms with Crippen LogP contribution in [0.5, 0.6) is 0 Å². The summed E-state index contributed by atoms with van der Waals surface area (Å²) >= 11 is 0. The summed E-state index contributed by atoms with van der Waals surface area (Å²) < 4.78 is 0. The van der Waals surface area contributed by atoms with Crippen molar-refractivity contribution in [3.8, 4) is 0 Å². The van der Waals surface area contributed by atoms with Crippen molar-refractivity contribution in [2.75, 3.05) is 20.2 Å². The molecule has 0 fully saturated rings. The first kappa shape index (κ1) is 9.90. The van der Waals surface area contributed by atoms with E-state index in [0.29, 0.717) is 6.54 Å². The number of nitrogens with zero attached hydrogens (tertiary/aromatic N) is 1. The van der Waals surface area contributed by atoms with E-state index in [9.17, 15) is 9.59 Å². The van der Waals surface area contributed by atoms with Crippen LogP contribution >= 0.6 is 0 Å². The molecule has 0 aromatic carbocycles. The molecule has 0 rings (SSSR count). The molecule has 0 unspecified atom stereocenters. The van der Waals surface area contributed by atoms with Gasteiger partial charge in [0.1, 0.15) is 6.61 Å². The molecule has 0 radical (unpaired) electrons. The van der Waals surface area contributed by atoms with Crippen LogP contribution in [-0.4, -0.2) is 42.1 Å². The number of aliphatic hydroxyl groups excluding tert-OH is 1. The normalized spacial score (nSPS) is 9.00. The zero-order valence-corrected chi connectivity index (χ0v) is 6.63. The van der Waals surface area contributed by atoms with Gasteiger partial charge < -0.3 is 10.4 Å². The van der Waals surface area contributed by atoms with Crippen molar-refractivity contribution in [2.45, 2.75) is 6.92 Å². The van der Waals surface area contributed by atoms with E-state index in [1.165, 1.54) is 7.05 Å². The number of aliphatic hydroxyl groups is 1. The van der Waals surface area contributed by atoms with E-state index in [2.05, 4.69) is 5.32 Å². The minimum Gasteiger partial charge on any atom is -0.387 e. The Labute approximate surface area is 65.0 Å². The van der Waals surface area contributed by atoms with Crippen LogP contribution in [0.4, 0.5) is 4.79 Å². The summed E-state index contributed by atoms with van der Waals surface area (Å²) in [5, 5.41) is 10.8. The largest absolute Gasteiger partial charge is 0.387 e. The van der Waals surface area contributed by atoms with E-state index in [-0.39, 0.29) is 0 Å². The maximum Gasteiger partial charge on any atom is 0.323 e. The van der Waals surface area contributed by atoms with Crippen molar-refractivity contribution in [1.29, 1.82) is 0 Å². The number of urea groups is 1. The molecular weight excluding hydrogens is 148 g/mol. The maximum atomic E-state index is 10.8. The highest BCUT2D eigenvalue weighted by Crippen LogP contribution is 1.84. The number of likely N-dealkylation sites (N-methyl/N-ethyl adjacent to an activating group) is 1. The van der Waals surface area contributed by atoms with E-state index >= 15 is 0 Å². The van der Waals surface area contributed by atoms with Crippen molar-refractivity contribution in [2.24, 2.45) is 0 Å². The van der Waals surface area contributed by atoms with Gasteiger partial charge in [0.2, 0.25) is 0 Å². The number of nitrogens with one attached hydrogen (secondary N) is 1. The smallest absolute Gasteiger partial charge is 0.323 e. The van der Waals surface area contributed by atoms with Crippen molar-refractivity contribution >= 4 is 11.9 Å². The second-order valence-electron chi connectivity index (χ2n) is 1.95. The van der Waals surface area contributed by atoms with E-state index in [1.54, 1.807) is 6.92 Å². The zero-order valence-electron chi connectivity index (χ0n) is 6.63. The molecule has 0 saturated carbocycles. The van der Waals surface area contributed by atoms with Crippen LogP contribution in [0.3, 0.4) is 0 Å². The van der Waals surface area contributed by atoms with Crippen LogP contribution in [0, 0.1) is 0 Å². The van der Waals surface area contributed by atoms with Gasteiger partial charge >= 0.3 is 6.03 Å². The van der Waals surface area contributed by atoms with Crippen LogP contribution in [0.15, 0.2) is 0 Å². The number of rotatable bonds is 2. The highest BCUT2D eigenvalue weighted by molar-refractivity contribution is 5.94. The summed E-state index contributed by atoms with van der Waals surface area (Å²) in [6, 6.07) is -0.494. The van der Waals surface area contributed by atoms with Gasteiger partial charge in [-0.2, -0.15) is 0 Å². The number of carbonyl (C=O) groups excluding carboxylic acids is 2. The molecule has 2 N–H and O–H groups in total. The van der Waals surface area contributed by atoms with Gasteiger partial charge in [0.15, 0.2) is 0 Å². The highest BCUT2D eigenvalue weighted by Gasteiger charge is 2.13. The van der Waals surface area contributed by atoms with Gasteiger partial charge in [-0.05, 0) is 6.92 Å². The van der Waals surface area contributed by atoms with Crippen LogP contribution in [0.2, 0.25) is 0 Å². The molecule has 0 bridgehead atoms. The summed E-state index contributed by atoms with van der Waals surface area (Å²) in [6.45, 7) is 1.56. The van der Waals surface area contributed by atoms with Crippen molar-refractivity contribution < 1.29 is 14.7 Å². The third-order valence-corrected chi connectivity index (χ3v) is 1.14. The van der Waals surface area contributed by atoms with E-state index in [0.717, 1.165) is 4.90 Å². The van der Waals surface area contributed by atoms with Gasteiger partial charge in [0.25, 0.3) is 5.91 Å².